The number of aromatic hydroxyl groups is 3. The van der Waals surface area contributed by atoms with Crippen LogP contribution in [0.3, 0.4) is 0 Å². The van der Waals surface area contributed by atoms with Crippen molar-refractivity contribution in [3.63, 3.8) is 0 Å². The molecule has 4 N–H and O–H groups in total. The second-order valence-electron chi connectivity index (χ2n) is 3.97. The molecule has 0 atom stereocenters. The number of hydrogen-bond donors (Lipinski definition) is 4. The van der Waals surface area contributed by atoms with Crippen molar-refractivity contribution in [2.75, 3.05) is 0 Å². The zero-order valence-corrected chi connectivity index (χ0v) is 10.3. The van der Waals surface area contributed by atoms with Crippen LogP contribution in [-0.2, 0) is 0 Å². The average molecular weight is 272 g/mol. The van der Waals surface area contributed by atoms with E-state index in [4.69, 9.17) is 0 Å². The molecule has 0 radical (unpaired) electrons. The summed E-state index contributed by atoms with van der Waals surface area (Å²) in [4.78, 5) is 11.7. The van der Waals surface area contributed by atoms with Crippen LogP contribution >= 0.6 is 0 Å². The molecule has 0 bridgehead atoms. The number of phenols is 3. The largest absolute Gasteiger partial charge is 0.504 e. The molecular weight excluding hydrogens is 260 g/mol. The predicted octanol–water partition coefficient (Wildman–Crippen LogP) is 1.57. The fourth-order valence-electron chi connectivity index (χ4n) is 1.50. The highest BCUT2D eigenvalue weighted by atomic mass is 16.3. The maximum Gasteiger partial charge on any atom is 0.271 e. The number of hydrogen-bond acceptors (Lipinski definition) is 5. The Morgan fingerprint density at radius 2 is 1.65 bits per heavy atom. The number of phenolic OH excluding ortho intramolecular Hbond substituents is 3. The lowest BCUT2D eigenvalue weighted by molar-refractivity contribution is 0.0954. The molecule has 0 aliphatic heterocycles. The summed E-state index contributed by atoms with van der Waals surface area (Å²) in [5.41, 5.74) is 3.03. The van der Waals surface area contributed by atoms with Gasteiger partial charge in [-0.15, -0.1) is 0 Å². The Labute approximate surface area is 114 Å². The van der Waals surface area contributed by atoms with Crippen molar-refractivity contribution in [2.24, 2.45) is 5.10 Å². The molecule has 0 spiro atoms. The molecule has 102 valence electrons. The van der Waals surface area contributed by atoms with E-state index in [1.807, 2.05) is 30.3 Å². The smallest absolute Gasteiger partial charge is 0.271 e. The fraction of sp³-hybridized carbons (Fsp3) is 0. The van der Waals surface area contributed by atoms with Crippen LogP contribution in [0.1, 0.15) is 15.9 Å². The first-order valence-corrected chi connectivity index (χ1v) is 5.71. The van der Waals surface area contributed by atoms with Gasteiger partial charge in [0.2, 0.25) is 0 Å². The molecule has 0 aliphatic carbocycles. The van der Waals surface area contributed by atoms with Gasteiger partial charge in [-0.3, -0.25) is 4.79 Å². The molecule has 0 heterocycles. The van der Waals surface area contributed by atoms with E-state index in [0.717, 1.165) is 17.7 Å². The van der Waals surface area contributed by atoms with Crippen LogP contribution in [0.2, 0.25) is 0 Å². The second kappa shape index (κ2) is 5.75. The van der Waals surface area contributed by atoms with E-state index in [1.165, 1.54) is 6.21 Å². The third-order valence-electron chi connectivity index (χ3n) is 2.51. The predicted molar refractivity (Wildman–Crippen MR) is 72.9 cm³/mol. The monoisotopic (exact) mass is 272 g/mol. The lowest BCUT2D eigenvalue weighted by atomic mass is 10.2. The van der Waals surface area contributed by atoms with Crippen LogP contribution in [0.5, 0.6) is 17.2 Å². The molecule has 0 unspecified atom stereocenters. The summed E-state index contributed by atoms with van der Waals surface area (Å²) in [7, 11) is 0. The topological polar surface area (TPSA) is 102 Å². The number of benzene rings is 2. The van der Waals surface area contributed by atoms with Gasteiger partial charge in [0, 0.05) is 5.56 Å². The van der Waals surface area contributed by atoms with E-state index < -0.39 is 23.2 Å². The van der Waals surface area contributed by atoms with Crippen molar-refractivity contribution >= 4 is 12.1 Å². The number of carbonyl (C=O) groups excluding carboxylic acids is 1. The van der Waals surface area contributed by atoms with Crippen LogP contribution in [0, 0.1) is 0 Å². The molecule has 2 aromatic carbocycles. The average Bonchev–Trinajstić information content (AvgIpc) is 2.45. The molecule has 0 fully saturated rings. The van der Waals surface area contributed by atoms with Gasteiger partial charge in [-0.1, -0.05) is 30.3 Å². The van der Waals surface area contributed by atoms with Crippen LogP contribution in [-0.4, -0.2) is 27.4 Å². The van der Waals surface area contributed by atoms with Gasteiger partial charge in [0.25, 0.3) is 5.91 Å². The Morgan fingerprint density at radius 1 is 1.05 bits per heavy atom. The van der Waals surface area contributed by atoms with Crippen molar-refractivity contribution in [3.8, 4) is 17.2 Å². The fourth-order valence-corrected chi connectivity index (χ4v) is 1.50. The molecular formula is C14H12N2O4. The van der Waals surface area contributed by atoms with E-state index in [2.05, 4.69) is 10.5 Å². The Hall–Kier alpha value is -3.02. The summed E-state index contributed by atoms with van der Waals surface area (Å²) < 4.78 is 0. The third-order valence-corrected chi connectivity index (χ3v) is 2.51. The molecule has 0 saturated carbocycles. The highest BCUT2D eigenvalue weighted by molar-refractivity contribution is 5.96. The lowest BCUT2D eigenvalue weighted by Crippen LogP contribution is -2.17. The van der Waals surface area contributed by atoms with Crippen molar-refractivity contribution in [2.45, 2.75) is 0 Å². The lowest BCUT2D eigenvalue weighted by Gasteiger charge is -2.04. The van der Waals surface area contributed by atoms with E-state index in [9.17, 15) is 20.1 Å². The zero-order chi connectivity index (χ0) is 14.5. The zero-order valence-electron chi connectivity index (χ0n) is 10.3. The minimum atomic E-state index is -0.672. The summed E-state index contributed by atoms with van der Waals surface area (Å²) in [6.07, 6.45) is 1.46. The van der Waals surface area contributed by atoms with Crippen LogP contribution < -0.4 is 5.43 Å². The van der Waals surface area contributed by atoms with Crippen molar-refractivity contribution < 1.29 is 20.1 Å². The van der Waals surface area contributed by atoms with E-state index >= 15 is 0 Å². The van der Waals surface area contributed by atoms with Gasteiger partial charge in [-0.25, -0.2) is 5.43 Å². The highest BCUT2D eigenvalue weighted by Crippen LogP contribution is 2.35. The number of nitrogens with one attached hydrogen (secondary N) is 1. The SMILES string of the molecule is O=C(NN=Cc1ccccc1)c1cc(O)c(O)c(O)c1. The summed E-state index contributed by atoms with van der Waals surface area (Å²) in [6.45, 7) is 0. The van der Waals surface area contributed by atoms with Gasteiger partial charge in [0.15, 0.2) is 17.2 Å². The normalized spacial score (nSPS) is 10.6. The Balaban J connectivity index is 2.08. The molecule has 1 amide bonds. The maximum atomic E-state index is 11.7. The molecule has 0 aliphatic rings. The van der Waals surface area contributed by atoms with E-state index in [1.54, 1.807) is 0 Å². The Kier molecular flexibility index (Phi) is 3.85. The molecule has 20 heavy (non-hydrogen) atoms. The van der Waals surface area contributed by atoms with Crippen LogP contribution in [0.15, 0.2) is 47.6 Å². The van der Waals surface area contributed by atoms with Gasteiger partial charge in [-0.2, -0.15) is 5.10 Å². The minimum Gasteiger partial charge on any atom is -0.504 e. The van der Waals surface area contributed by atoms with Crippen LogP contribution in [0.25, 0.3) is 0 Å². The third kappa shape index (κ3) is 3.05. The van der Waals surface area contributed by atoms with Gasteiger partial charge in [0.1, 0.15) is 0 Å². The van der Waals surface area contributed by atoms with Gasteiger partial charge < -0.3 is 15.3 Å². The van der Waals surface area contributed by atoms with E-state index in [0.29, 0.717) is 0 Å². The summed E-state index contributed by atoms with van der Waals surface area (Å²) in [5, 5.41) is 31.5. The summed E-state index contributed by atoms with van der Waals surface area (Å²) in [5.74, 6) is -2.46. The van der Waals surface area contributed by atoms with Crippen LogP contribution in [0.4, 0.5) is 0 Å². The van der Waals surface area contributed by atoms with Crippen molar-refractivity contribution in [1.82, 2.24) is 5.43 Å². The first kappa shape index (κ1) is 13.4. The molecule has 6 nitrogen and oxygen atoms in total. The second-order valence-corrected chi connectivity index (χ2v) is 3.97. The van der Waals surface area contributed by atoms with E-state index in [-0.39, 0.29) is 5.56 Å². The number of hydrazone groups is 1. The Morgan fingerprint density at radius 3 is 2.25 bits per heavy atom. The quantitative estimate of drug-likeness (QED) is 0.387. The highest BCUT2D eigenvalue weighted by Gasteiger charge is 2.12. The number of rotatable bonds is 3. The molecule has 0 saturated heterocycles. The number of carbonyl (C=O) groups is 1. The van der Waals surface area contributed by atoms with Crippen molar-refractivity contribution in [1.29, 1.82) is 0 Å². The van der Waals surface area contributed by atoms with Gasteiger partial charge in [-0.05, 0) is 17.7 Å². The minimum absolute atomic E-state index is 0.0250. The molecule has 2 aromatic rings. The maximum absolute atomic E-state index is 11.7. The summed E-state index contributed by atoms with van der Waals surface area (Å²) in [6, 6.07) is 11.2. The van der Waals surface area contributed by atoms with Crippen molar-refractivity contribution in [3.05, 3.63) is 53.6 Å². The van der Waals surface area contributed by atoms with Gasteiger partial charge >= 0.3 is 0 Å². The van der Waals surface area contributed by atoms with Gasteiger partial charge in [0.05, 0.1) is 6.21 Å². The number of amides is 1. The first-order valence-electron chi connectivity index (χ1n) is 5.71. The first-order chi connectivity index (χ1) is 9.58. The summed E-state index contributed by atoms with van der Waals surface area (Å²) >= 11 is 0. The molecule has 6 heteroatoms. The molecule has 2 rings (SSSR count). The molecule has 0 aromatic heterocycles. The standard InChI is InChI=1S/C14H12N2O4/c17-11-6-10(7-12(18)13(11)19)14(20)16-15-8-9-4-2-1-3-5-9/h1-8,17-19H,(H,16,20). The Bertz CT molecular complexity index is 630. The number of nitrogens with zero attached hydrogens (tertiary/aromatic N) is 1.